The first-order chi connectivity index (χ1) is 10.2. The van der Waals surface area contributed by atoms with Crippen LogP contribution in [0.2, 0.25) is 0 Å². The van der Waals surface area contributed by atoms with E-state index < -0.39 is 12.4 Å². The summed E-state index contributed by atoms with van der Waals surface area (Å²) < 4.78 is 41.2. The number of halogens is 5. The molecule has 2 rings (SSSR count). The summed E-state index contributed by atoms with van der Waals surface area (Å²) in [4.78, 5) is 0. The van der Waals surface area contributed by atoms with Crippen molar-refractivity contribution in [3.8, 4) is 11.5 Å². The molecule has 0 aromatic heterocycles. The maximum atomic E-state index is 12.1. The van der Waals surface area contributed by atoms with E-state index in [1.54, 1.807) is 12.1 Å². The van der Waals surface area contributed by atoms with Gasteiger partial charge in [0, 0.05) is 10.0 Å². The van der Waals surface area contributed by atoms with Gasteiger partial charge in [0.25, 0.3) is 0 Å². The van der Waals surface area contributed by atoms with E-state index in [9.17, 15) is 18.3 Å². The zero-order valence-electron chi connectivity index (χ0n) is 10.9. The van der Waals surface area contributed by atoms with Gasteiger partial charge in [0.1, 0.15) is 11.5 Å². The van der Waals surface area contributed by atoms with Gasteiger partial charge in [-0.2, -0.15) is 0 Å². The molecule has 0 spiro atoms. The highest BCUT2D eigenvalue weighted by molar-refractivity contribution is 9.11. The van der Waals surface area contributed by atoms with Gasteiger partial charge in [0.2, 0.25) is 0 Å². The summed E-state index contributed by atoms with van der Waals surface area (Å²) in [5.41, 5.74) is 7.05. The molecule has 0 bridgehead atoms. The first-order valence-electron chi connectivity index (χ1n) is 5.97. The lowest BCUT2D eigenvalue weighted by atomic mass is 9.99. The summed E-state index contributed by atoms with van der Waals surface area (Å²) in [6.45, 7) is 0. The van der Waals surface area contributed by atoms with Crippen molar-refractivity contribution in [2.24, 2.45) is 5.73 Å². The van der Waals surface area contributed by atoms with E-state index in [2.05, 4.69) is 36.6 Å². The highest BCUT2D eigenvalue weighted by atomic mass is 79.9. The van der Waals surface area contributed by atoms with Gasteiger partial charge in [0.05, 0.1) is 10.5 Å². The fourth-order valence-electron chi connectivity index (χ4n) is 1.90. The number of ether oxygens (including phenoxy) is 1. The first-order valence-corrected chi connectivity index (χ1v) is 7.56. The Balaban J connectivity index is 2.31. The highest BCUT2D eigenvalue weighted by Gasteiger charge is 2.31. The average Bonchev–Trinajstić information content (AvgIpc) is 2.42. The Morgan fingerprint density at radius 3 is 2.09 bits per heavy atom. The lowest BCUT2D eigenvalue weighted by molar-refractivity contribution is -0.274. The van der Waals surface area contributed by atoms with Crippen LogP contribution in [0.1, 0.15) is 17.2 Å². The Morgan fingerprint density at radius 2 is 1.55 bits per heavy atom. The minimum absolute atomic E-state index is 0.0301. The fraction of sp³-hybridized carbons (Fsp3) is 0.143. The van der Waals surface area contributed by atoms with Crippen molar-refractivity contribution in [1.29, 1.82) is 0 Å². The molecule has 0 fully saturated rings. The van der Waals surface area contributed by atoms with Gasteiger partial charge in [-0.15, -0.1) is 13.2 Å². The molecule has 0 radical (unpaired) electrons. The second kappa shape index (κ2) is 6.47. The number of nitrogens with two attached hydrogens (primary N) is 1. The van der Waals surface area contributed by atoms with E-state index in [0.29, 0.717) is 20.1 Å². The van der Waals surface area contributed by atoms with Gasteiger partial charge >= 0.3 is 6.36 Å². The van der Waals surface area contributed by atoms with E-state index in [1.807, 2.05) is 0 Å². The number of hydrogen-bond acceptors (Lipinski definition) is 3. The van der Waals surface area contributed by atoms with E-state index in [-0.39, 0.29) is 11.5 Å². The monoisotopic (exact) mass is 439 g/mol. The lowest BCUT2D eigenvalue weighted by Gasteiger charge is -2.17. The zero-order chi connectivity index (χ0) is 16.5. The smallest absolute Gasteiger partial charge is 0.506 e. The number of phenols is 1. The minimum atomic E-state index is -4.74. The number of phenolic OH excluding ortho intramolecular Hbond substituents is 1. The highest BCUT2D eigenvalue weighted by Crippen LogP contribution is 2.39. The van der Waals surface area contributed by atoms with Gasteiger partial charge in [0.15, 0.2) is 0 Å². The topological polar surface area (TPSA) is 55.5 Å². The molecule has 0 unspecified atom stereocenters. The SMILES string of the molecule is N[C@H](c1ccc(OC(F)(F)F)cc1)c1c(Br)ccc(Br)c1O. The summed E-state index contributed by atoms with van der Waals surface area (Å²) in [6.07, 6.45) is -4.74. The first kappa shape index (κ1) is 17.1. The average molecular weight is 441 g/mol. The summed E-state index contributed by atoms with van der Waals surface area (Å²) in [6, 6.07) is 7.82. The number of aromatic hydroxyl groups is 1. The maximum absolute atomic E-state index is 12.1. The molecule has 22 heavy (non-hydrogen) atoms. The maximum Gasteiger partial charge on any atom is 0.573 e. The van der Waals surface area contributed by atoms with Crippen LogP contribution in [0.3, 0.4) is 0 Å². The molecular formula is C14H10Br2F3NO2. The van der Waals surface area contributed by atoms with Gasteiger partial charge in [-0.25, -0.2) is 0 Å². The molecule has 0 aliphatic carbocycles. The third-order valence-electron chi connectivity index (χ3n) is 2.90. The van der Waals surface area contributed by atoms with Crippen molar-refractivity contribution in [2.75, 3.05) is 0 Å². The Labute approximate surface area is 141 Å². The molecule has 8 heteroatoms. The second-order valence-electron chi connectivity index (χ2n) is 4.39. The van der Waals surface area contributed by atoms with Gasteiger partial charge in [-0.05, 0) is 45.8 Å². The third-order valence-corrected chi connectivity index (χ3v) is 4.23. The second-order valence-corrected chi connectivity index (χ2v) is 6.09. The Kier molecular flexibility index (Phi) is 5.03. The van der Waals surface area contributed by atoms with Gasteiger partial charge in [-0.3, -0.25) is 0 Å². The van der Waals surface area contributed by atoms with E-state index in [0.717, 1.165) is 0 Å². The predicted octanol–water partition coefficient (Wildman–Crippen LogP) is 4.86. The summed E-state index contributed by atoms with van der Waals surface area (Å²) in [7, 11) is 0. The Bertz CT molecular complexity index is 675. The summed E-state index contributed by atoms with van der Waals surface area (Å²) in [5.74, 6) is -0.363. The standard InChI is InChI=1S/C14H10Br2F3NO2/c15-9-5-6-10(16)13(21)11(9)12(20)7-1-3-8(4-2-7)22-14(17,18)19/h1-6,12,21H,20H2/t12-/m1/s1. The van der Waals surface area contributed by atoms with Crippen LogP contribution in [-0.2, 0) is 0 Å². The van der Waals surface area contributed by atoms with Crippen LogP contribution in [0.4, 0.5) is 13.2 Å². The van der Waals surface area contributed by atoms with Gasteiger partial charge in [-0.1, -0.05) is 28.1 Å². The van der Waals surface area contributed by atoms with Crippen LogP contribution >= 0.6 is 31.9 Å². The largest absolute Gasteiger partial charge is 0.573 e. The van der Waals surface area contributed by atoms with E-state index in [1.165, 1.54) is 24.3 Å². The number of alkyl halides is 3. The molecular weight excluding hydrogens is 431 g/mol. The Morgan fingerprint density at radius 1 is 1.00 bits per heavy atom. The predicted molar refractivity (Wildman–Crippen MR) is 82.7 cm³/mol. The summed E-state index contributed by atoms with van der Waals surface area (Å²) in [5, 5.41) is 10.1. The molecule has 3 N–H and O–H groups in total. The van der Waals surface area contributed by atoms with Crippen LogP contribution in [0.15, 0.2) is 45.3 Å². The molecule has 1 atom stereocenters. The van der Waals surface area contributed by atoms with Crippen molar-refractivity contribution in [1.82, 2.24) is 0 Å². The summed E-state index contributed by atoms with van der Waals surface area (Å²) >= 11 is 6.49. The van der Waals surface area contributed by atoms with Crippen LogP contribution in [0.25, 0.3) is 0 Å². The van der Waals surface area contributed by atoms with Crippen LogP contribution < -0.4 is 10.5 Å². The van der Waals surface area contributed by atoms with Crippen LogP contribution in [-0.4, -0.2) is 11.5 Å². The zero-order valence-corrected chi connectivity index (χ0v) is 14.0. The molecule has 3 nitrogen and oxygen atoms in total. The quantitative estimate of drug-likeness (QED) is 0.716. The van der Waals surface area contributed by atoms with Gasteiger partial charge < -0.3 is 15.6 Å². The fourth-order valence-corrected chi connectivity index (χ4v) is 2.81. The van der Waals surface area contributed by atoms with Crippen molar-refractivity contribution in [3.63, 3.8) is 0 Å². The number of rotatable bonds is 3. The molecule has 0 amide bonds. The normalized spacial score (nSPS) is 13.0. The number of benzene rings is 2. The lowest BCUT2D eigenvalue weighted by Crippen LogP contribution is -2.17. The van der Waals surface area contributed by atoms with Crippen molar-refractivity contribution in [2.45, 2.75) is 12.4 Å². The van der Waals surface area contributed by atoms with Crippen LogP contribution in [0.5, 0.6) is 11.5 Å². The molecule has 0 heterocycles. The molecule has 0 aliphatic rings. The van der Waals surface area contributed by atoms with E-state index >= 15 is 0 Å². The molecule has 2 aromatic rings. The van der Waals surface area contributed by atoms with Crippen molar-refractivity contribution < 1.29 is 23.0 Å². The molecule has 0 aliphatic heterocycles. The molecule has 0 saturated heterocycles. The van der Waals surface area contributed by atoms with Crippen LogP contribution in [0, 0.1) is 0 Å². The number of hydrogen-bond donors (Lipinski definition) is 2. The minimum Gasteiger partial charge on any atom is -0.506 e. The molecule has 2 aromatic carbocycles. The van der Waals surface area contributed by atoms with Crippen molar-refractivity contribution in [3.05, 3.63) is 56.5 Å². The van der Waals surface area contributed by atoms with E-state index in [4.69, 9.17) is 5.73 Å². The molecule has 118 valence electrons. The molecule has 0 saturated carbocycles. The van der Waals surface area contributed by atoms with Crippen molar-refractivity contribution >= 4 is 31.9 Å². The Hall–Kier alpha value is -1.25. The third kappa shape index (κ3) is 3.93.